The van der Waals surface area contributed by atoms with Crippen LogP contribution in [-0.4, -0.2) is 63.3 Å². The van der Waals surface area contributed by atoms with Crippen LogP contribution in [0.5, 0.6) is 0 Å². The van der Waals surface area contributed by atoms with Gasteiger partial charge in [0.2, 0.25) is 15.9 Å². The van der Waals surface area contributed by atoms with Crippen LogP contribution in [0.2, 0.25) is 5.02 Å². The first kappa shape index (κ1) is 22.2. The molecule has 0 aromatic heterocycles. The van der Waals surface area contributed by atoms with Gasteiger partial charge in [0.15, 0.2) is 0 Å². The highest BCUT2D eigenvalue weighted by atomic mass is 35.5. The number of halogens is 2. The molecule has 1 aliphatic rings. The molecule has 1 fully saturated rings. The molecular weight excluding hydrogens is 385 g/mol. The molecule has 0 bridgehead atoms. The number of nitrogens with one attached hydrogen (secondary N) is 1. The Morgan fingerprint density at radius 2 is 1.92 bits per heavy atom. The lowest BCUT2D eigenvalue weighted by Gasteiger charge is -2.29. The highest BCUT2D eigenvalue weighted by Crippen LogP contribution is 2.28. The van der Waals surface area contributed by atoms with Crippen LogP contribution in [0.3, 0.4) is 0 Å². The summed E-state index contributed by atoms with van der Waals surface area (Å²) in [4.78, 5) is 14.0. The zero-order valence-corrected chi connectivity index (χ0v) is 17.0. The van der Waals surface area contributed by atoms with Crippen LogP contribution in [0.4, 0.5) is 0 Å². The summed E-state index contributed by atoms with van der Waals surface area (Å²) >= 11 is 6.11. The number of likely N-dealkylation sites (N-methyl/N-ethyl adjacent to an activating group) is 1. The van der Waals surface area contributed by atoms with Gasteiger partial charge in [-0.1, -0.05) is 31.5 Å². The number of hydrogen-bond acceptors (Lipinski definition) is 4. The standard InChI is InChI=1S/C16H24ClN3O3S.ClH/c1-12(2)13-4-5-14(17)15(10-13)24(22,23)19(3)11-16(21)20-8-6-18-7-9-20;/h4-5,10,12,18H,6-9,11H2,1-3H3;1H. The van der Waals surface area contributed by atoms with E-state index in [-0.39, 0.29) is 40.7 Å². The van der Waals surface area contributed by atoms with Crippen molar-refractivity contribution in [3.63, 3.8) is 0 Å². The Bertz CT molecular complexity index is 705. The molecule has 0 atom stereocenters. The fourth-order valence-electron chi connectivity index (χ4n) is 2.53. The van der Waals surface area contributed by atoms with Gasteiger partial charge < -0.3 is 10.2 Å². The monoisotopic (exact) mass is 409 g/mol. The van der Waals surface area contributed by atoms with Crippen molar-refractivity contribution in [2.24, 2.45) is 0 Å². The zero-order valence-electron chi connectivity index (χ0n) is 14.7. The maximum Gasteiger partial charge on any atom is 0.244 e. The first-order valence-electron chi connectivity index (χ1n) is 7.97. The van der Waals surface area contributed by atoms with Gasteiger partial charge in [0.1, 0.15) is 4.90 Å². The molecule has 0 radical (unpaired) electrons. The van der Waals surface area contributed by atoms with E-state index >= 15 is 0 Å². The number of piperazine rings is 1. The fraction of sp³-hybridized carbons (Fsp3) is 0.562. The quantitative estimate of drug-likeness (QED) is 0.806. The predicted molar refractivity (Wildman–Crippen MR) is 102 cm³/mol. The van der Waals surface area contributed by atoms with Crippen LogP contribution < -0.4 is 5.32 Å². The van der Waals surface area contributed by atoms with Gasteiger partial charge >= 0.3 is 0 Å². The lowest BCUT2D eigenvalue weighted by atomic mass is 10.0. The highest BCUT2D eigenvalue weighted by Gasteiger charge is 2.28. The third kappa shape index (κ3) is 5.31. The van der Waals surface area contributed by atoms with E-state index in [0.29, 0.717) is 13.1 Å². The third-order valence-corrected chi connectivity index (χ3v) is 6.42. The third-order valence-electron chi connectivity index (χ3n) is 4.14. The summed E-state index contributed by atoms with van der Waals surface area (Å²) in [6.07, 6.45) is 0. The SMILES string of the molecule is CC(C)c1ccc(Cl)c(S(=O)(=O)N(C)CC(=O)N2CCNCC2)c1.Cl. The molecule has 6 nitrogen and oxygen atoms in total. The van der Waals surface area contributed by atoms with Gasteiger partial charge in [-0.15, -0.1) is 12.4 Å². The number of amides is 1. The van der Waals surface area contributed by atoms with Gasteiger partial charge in [0.25, 0.3) is 0 Å². The van der Waals surface area contributed by atoms with Crippen molar-refractivity contribution >= 4 is 39.9 Å². The average molecular weight is 410 g/mol. The summed E-state index contributed by atoms with van der Waals surface area (Å²) in [6, 6.07) is 5.00. The molecule has 0 unspecified atom stereocenters. The first-order valence-corrected chi connectivity index (χ1v) is 9.79. The Balaban J connectivity index is 0.00000312. The predicted octanol–water partition coefficient (Wildman–Crippen LogP) is 1.94. The minimum atomic E-state index is -3.82. The lowest BCUT2D eigenvalue weighted by molar-refractivity contribution is -0.131. The smallest absolute Gasteiger partial charge is 0.244 e. The number of rotatable bonds is 5. The van der Waals surface area contributed by atoms with E-state index in [0.717, 1.165) is 23.0 Å². The number of sulfonamides is 1. The van der Waals surface area contributed by atoms with Gasteiger partial charge in [-0.3, -0.25) is 4.79 Å². The summed E-state index contributed by atoms with van der Waals surface area (Å²) < 4.78 is 26.7. The fourth-order valence-corrected chi connectivity index (χ4v) is 4.16. The van der Waals surface area contributed by atoms with Gasteiger partial charge in [0.05, 0.1) is 11.6 Å². The lowest BCUT2D eigenvalue weighted by Crippen LogP contribution is -2.49. The van der Waals surface area contributed by atoms with Crippen LogP contribution in [0.25, 0.3) is 0 Å². The number of nitrogens with zero attached hydrogens (tertiary/aromatic N) is 2. The number of benzene rings is 1. The summed E-state index contributed by atoms with van der Waals surface area (Å²) in [6.45, 7) is 6.42. The molecule has 1 aliphatic heterocycles. The van der Waals surface area contributed by atoms with Crippen molar-refractivity contribution in [1.29, 1.82) is 0 Å². The van der Waals surface area contributed by atoms with Crippen molar-refractivity contribution in [2.75, 3.05) is 39.8 Å². The molecule has 25 heavy (non-hydrogen) atoms. The molecular formula is C16H25Cl2N3O3S. The second-order valence-corrected chi connectivity index (χ2v) is 8.66. The molecule has 0 saturated carbocycles. The summed E-state index contributed by atoms with van der Waals surface area (Å²) in [5.74, 6) is -0.0114. The number of carbonyl (C=O) groups is 1. The van der Waals surface area contributed by atoms with Crippen LogP contribution in [0.1, 0.15) is 25.3 Å². The number of hydrogen-bond donors (Lipinski definition) is 1. The van der Waals surface area contributed by atoms with E-state index in [1.54, 1.807) is 17.0 Å². The Labute approximate surface area is 161 Å². The molecule has 142 valence electrons. The van der Waals surface area contributed by atoms with E-state index in [2.05, 4.69) is 5.32 Å². The topological polar surface area (TPSA) is 69.7 Å². The molecule has 2 rings (SSSR count). The maximum absolute atomic E-state index is 12.8. The molecule has 1 amide bonds. The van der Waals surface area contributed by atoms with Crippen molar-refractivity contribution in [3.8, 4) is 0 Å². The van der Waals surface area contributed by atoms with Gasteiger partial charge in [0, 0.05) is 33.2 Å². The molecule has 9 heteroatoms. The minimum absolute atomic E-state index is 0. The Morgan fingerprint density at radius 3 is 2.48 bits per heavy atom. The van der Waals surface area contributed by atoms with E-state index < -0.39 is 10.0 Å². The molecule has 1 aromatic rings. The van der Waals surface area contributed by atoms with E-state index in [9.17, 15) is 13.2 Å². The van der Waals surface area contributed by atoms with Crippen LogP contribution in [0.15, 0.2) is 23.1 Å². The molecule has 0 spiro atoms. The van der Waals surface area contributed by atoms with Crippen LogP contribution in [-0.2, 0) is 14.8 Å². The second-order valence-electron chi connectivity index (χ2n) is 6.24. The van der Waals surface area contributed by atoms with E-state index in [1.165, 1.54) is 7.05 Å². The molecule has 1 saturated heterocycles. The van der Waals surface area contributed by atoms with Crippen molar-refractivity contribution < 1.29 is 13.2 Å². The first-order chi connectivity index (χ1) is 11.2. The largest absolute Gasteiger partial charge is 0.339 e. The van der Waals surface area contributed by atoms with Gasteiger partial charge in [-0.05, 0) is 23.6 Å². The minimum Gasteiger partial charge on any atom is -0.339 e. The zero-order chi connectivity index (χ0) is 17.9. The second kappa shape index (κ2) is 9.19. The molecule has 1 heterocycles. The highest BCUT2D eigenvalue weighted by molar-refractivity contribution is 7.89. The van der Waals surface area contributed by atoms with Gasteiger partial charge in [-0.25, -0.2) is 8.42 Å². The summed E-state index contributed by atoms with van der Waals surface area (Å²) in [7, 11) is -2.41. The Morgan fingerprint density at radius 1 is 1.32 bits per heavy atom. The van der Waals surface area contributed by atoms with Gasteiger partial charge in [-0.2, -0.15) is 4.31 Å². The van der Waals surface area contributed by atoms with Crippen LogP contribution >= 0.6 is 24.0 Å². The Kier molecular flexibility index (Phi) is 8.15. The molecule has 1 aromatic carbocycles. The molecule has 1 N–H and O–H groups in total. The Hall–Kier alpha value is -0.860. The van der Waals surface area contributed by atoms with Crippen molar-refractivity contribution in [2.45, 2.75) is 24.7 Å². The summed E-state index contributed by atoms with van der Waals surface area (Å²) in [5.41, 5.74) is 0.889. The maximum atomic E-state index is 12.8. The summed E-state index contributed by atoms with van der Waals surface area (Å²) in [5, 5.41) is 3.33. The van der Waals surface area contributed by atoms with Crippen molar-refractivity contribution in [1.82, 2.24) is 14.5 Å². The molecule has 0 aliphatic carbocycles. The normalized spacial score (nSPS) is 15.4. The average Bonchev–Trinajstić information content (AvgIpc) is 2.55. The van der Waals surface area contributed by atoms with Crippen molar-refractivity contribution in [3.05, 3.63) is 28.8 Å². The number of carbonyl (C=O) groups excluding carboxylic acids is 1. The van der Waals surface area contributed by atoms with E-state index in [1.807, 2.05) is 19.9 Å². The van der Waals surface area contributed by atoms with Crippen LogP contribution in [0, 0.1) is 0 Å². The van der Waals surface area contributed by atoms with E-state index in [4.69, 9.17) is 11.6 Å².